The monoisotopic (exact) mass is 1120 g/mol. The van der Waals surface area contributed by atoms with Crippen LogP contribution in [0.3, 0.4) is 0 Å². The fraction of sp³-hybridized carbons (Fsp3) is 0.833. The molecule has 0 aliphatic carbocycles. The van der Waals surface area contributed by atoms with E-state index in [0.29, 0.717) is 0 Å². The number of aliphatic hydroxyl groups excluding tert-OH is 1. The minimum Gasteiger partial charge on any atom is -0.463 e. The fourth-order valence-corrected chi connectivity index (χ4v) is 7.26. The van der Waals surface area contributed by atoms with E-state index in [1.807, 2.05) is 0 Å². The molecule has 0 aromatic heterocycles. The second-order valence-corrected chi connectivity index (χ2v) is 25.9. The zero-order valence-corrected chi connectivity index (χ0v) is 49.2. The largest absolute Gasteiger partial charge is 0.463 e. The van der Waals surface area contributed by atoms with E-state index in [9.17, 15) is 48.3 Å². The van der Waals surface area contributed by atoms with Gasteiger partial charge in [0.25, 0.3) is 0 Å². The highest BCUT2D eigenvalue weighted by molar-refractivity contribution is 5.78. The van der Waals surface area contributed by atoms with Crippen molar-refractivity contribution in [2.24, 2.45) is 32.5 Å². The van der Waals surface area contributed by atoms with Crippen LogP contribution in [-0.2, 0) is 109 Å². The maximum Gasteiger partial charge on any atom is 0.311 e. The number of carbonyl (C=O) groups excluding carboxylic acids is 9. The molecule has 14 atom stereocenters. The lowest BCUT2D eigenvalue weighted by atomic mass is 9.92. The summed E-state index contributed by atoms with van der Waals surface area (Å²) >= 11 is 0. The zero-order valence-electron chi connectivity index (χ0n) is 49.2. The van der Waals surface area contributed by atoms with E-state index in [1.165, 1.54) is 62.3 Å². The van der Waals surface area contributed by atoms with E-state index in [1.54, 1.807) is 62.3 Å². The van der Waals surface area contributed by atoms with Crippen LogP contribution in [-0.4, -0.2) is 165 Å². The third kappa shape index (κ3) is 19.4. The number of rotatable bonds is 16. The molecule has 0 radical (unpaired) electrons. The van der Waals surface area contributed by atoms with E-state index >= 15 is 0 Å². The van der Waals surface area contributed by atoms with Crippen LogP contribution in [0.4, 0.5) is 0 Å². The van der Waals surface area contributed by atoms with Gasteiger partial charge in [-0.2, -0.15) is 0 Å². The molecule has 0 bridgehead atoms. The molecule has 24 heteroatoms. The van der Waals surface area contributed by atoms with Gasteiger partial charge in [-0.25, -0.2) is 0 Å². The molecule has 0 aromatic rings. The number of hydrogen-bond donors (Lipinski definition) is 1. The summed E-state index contributed by atoms with van der Waals surface area (Å²) in [6.07, 6.45) is -24.7. The summed E-state index contributed by atoms with van der Waals surface area (Å²) in [4.78, 5) is 121. The predicted octanol–water partition coefficient (Wildman–Crippen LogP) is 4.75. The van der Waals surface area contributed by atoms with Crippen LogP contribution in [0.15, 0.2) is 0 Å². The second kappa shape index (κ2) is 26.1. The van der Waals surface area contributed by atoms with E-state index in [4.69, 9.17) is 66.3 Å². The SMILES string of the molecule is CC(=O)OC[C@H]1O[C@H](O[C@H]2[C@@H](OC(=O)C(C)(C)C)[C@@H](COC(=O)C(C)(C)C)O[C@@H](O[C@H]3[C@H](OC(=O)C(C)(C)C)[C@@H](OC(=O)C(C)(C)C)C(O)O[C@@H]3COC(=O)C(C)(C)C)[C@@H]2OC(=O)C(C)(C)C)C[C@@H](OC(C)=O)[C@H]1OC(C)=O. The van der Waals surface area contributed by atoms with E-state index in [2.05, 4.69) is 0 Å². The number of carbonyl (C=O) groups is 9. The van der Waals surface area contributed by atoms with Crippen LogP contribution in [0.5, 0.6) is 0 Å². The van der Waals surface area contributed by atoms with Crippen LogP contribution >= 0.6 is 0 Å². The molecule has 24 nitrogen and oxygen atoms in total. The van der Waals surface area contributed by atoms with Crippen molar-refractivity contribution in [2.75, 3.05) is 19.8 Å². The molecular formula is C54H86O24. The first-order valence-electron chi connectivity index (χ1n) is 25.9. The number of hydrogen-bond acceptors (Lipinski definition) is 24. The van der Waals surface area contributed by atoms with E-state index in [-0.39, 0.29) is 0 Å². The summed E-state index contributed by atoms with van der Waals surface area (Å²) in [7, 11) is 0. The first-order valence-corrected chi connectivity index (χ1v) is 25.9. The van der Waals surface area contributed by atoms with Gasteiger partial charge in [0, 0.05) is 27.2 Å². The van der Waals surface area contributed by atoms with Gasteiger partial charge in [-0.1, -0.05) is 0 Å². The second-order valence-electron chi connectivity index (χ2n) is 25.9. The maximum atomic E-state index is 14.4. The van der Waals surface area contributed by atoms with E-state index < -0.39 is 198 Å². The molecule has 446 valence electrons. The van der Waals surface area contributed by atoms with Gasteiger partial charge in [0.2, 0.25) is 0 Å². The lowest BCUT2D eigenvalue weighted by Crippen LogP contribution is -2.68. The van der Waals surface area contributed by atoms with Crippen molar-refractivity contribution in [3.8, 4) is 0 Å². The van der Waals surface area contributed by atoms with Gasteiger partial charge in [0.1, 0.15) is 56.4 Å². The Morgan fingerprint density at radius 1 is 0.372 bits per heavy atom. The van der Waals surface area contributed by atoms with Gasteiger partial charge in [-0.05, 0) is 125 Å². The minimum atomic E-state index is -2.07. The molecule has 3 rings (SSSR count). The van der Waals surface area contributed by atoms with Crippen LogP contribution in [0.2, 0.25) is 0 Å². The molecule has 3 aliphatic rings. The number of aliphatic hydroxyl groups is 1. The van der Waals surface area contributed by atoms with Crippen molar-refractivity contribution in [3.05, 3.63) is 0 Å². The normalized spacial score (nSPS) is 29.2. The third-order valence-corrected chi connectivity index (χ3v) is 11.8. The third-order valence-electron chi connectivity index (χ3n) is 11.8. The van der Waals surface area contributed by atoms with Crippen LogP contribution in [0.25, 0.3) is 0 Å². The van der Waals surface area contributed by atoms with Crippen LogP contribution in [0.1, 0.15) is 152 Å². The summed E-state index contributed by atoms with van der Waals surface area (Å²) < 4.78 is 85.2. The molecule has 1 N–H and O–H groups in total. The molecule has 3 aliphatic heterocycles. The van der Waals surface area contributed by atoms with Crippen molar-refractivity contribution < 1.29 is 115 Å². The van der Waals surface area contributed by atoms with Crippen molar-refractivity contribution >= 4 is 53.7 Å². The predicted molar refractivity (Wildman–Crippen MR) is 268 cm³/mol. The first kappa shape index (κ1) is 67.3. The van der Waals surface area contributed by atoms with Gasteiger partial charge >= 0.3 is 53.7 Å². The Morgan fingerprint density at radius 3 is 1.15 bits per heavy atom. The molecule has 0 spiro atoms. The standard InChI is InChI=1S/C54H86O24/c1-26(55)65-23-30-34(69-28(3)57)29(68-27(2)56)22-33(70-30)73-38-36(75-45(61)51(10,11)12)32(25-67-44(60)50(7,8)9)72-42(40(38)78-48(64)54(19,20)21)74-35-31(24-66-43(59)49(4,5)6)71-41(58)39(77-47(63)53(16,17)18)37(35)76-46(62)52(13,14)15/h29-42,58H,22-25H2,1-21H3/t29-,30-,31-,32-,33-,34-,35-,36+,37+,38+,39-,40-,41?,42+/m1/s1. The highest BCUT2D eigenvalue weighted by atomic mass is 16.8. The van der Waals surface area contributed by atoms with Gasteiger partial charge < -0.3 is 71.4 Å². The minimum absolute atomic E-state index is 0.443. The van der Waals surface area contributed by atoms with Crippen molar-refractivity contribution in [3.63, 3.8) is 0 Å². The molecule has 0 aromatic carbocycles. The number of esters is 9. The van der Waals surface area contributed by atoms with Crippen LogP contribution in [0, 0.1) is 32.5 Å². The van der Waals surface area contributed by atoms with Crippen molar-refractivity contribution in [2.45, 2.75) is 238 Å². The summed E-state index contributed by atoms with van der Waals surface area (Å²) in [6.45, 7) is 29.1. The molecule has 3 heterocycles. The molecule has 1 unspecified atom stereocenters. The summed E-state index contributed by atoms with van der Waals surface area (Å²) in [5.41, 5.74) is -7.24. The topological polar surface area (TPSA) is 303 Å². The Hall–Kier alpha value is -5.01. The number of ether oxygens (including phenoxy) is 14. The molecule has 0 amide bonds. The van der Waals surface area contributed by atoms with Gasteiger partial charge in [-0.15, -0.1) is 0 Å². The van der Waals surface area contributed by atoms with Crippen molar-refractivity contribution in [1.29, 1.82) is 0 Å². The van der Waals surface area contributed by atoms with Crippen molar-refractivity contribution in [1.82, 2.24) is 0 Å². The molecule has 78 heavy (non-hydrogen) atoms. The molecule has 3 fully saturated rings. The lowest BCUT2D eigenvalue weighted by Gasteiger charge is -2.50. The molecule has 3 saturated heterocycles. The highest BCUT2D eigenvalue weighted by Crippen LogP contribution is 2.40. The Bertz CT molecular complexity index is 2150. The van der Waals surface area contributed by atoms with Gasteiger partial charge in [0.15, 0.2) is 49.4 Å². The summed E-state index contributed by atoms with van der Waals surface area (Å²) in [6, 6.07) is 0. The first-order chi connectivity index (χ1) is 35.3. The Morgan fingerprint density at radius 2 is 0.744 bits per heavy atom. The summed E-state index contributed by atoms with van der Waals surface area (Å²) in [5.74, 6) is -7.47. The highest BCUT2D eigenvalue weighted by Gasteiger charge is 2.59. The smallest absolute Gasteiger partial charge is 0.311 e. The van der Waals surface area contributed by atoms with E-state index in [0.717, 1.165) is 20.8 Å². The average Bonchev–Trinajstić information content (AvgIpc) is 3.26. The van der Waals surface area contributed by atoms with Crippen LogP contribution < -0.4 is 0 Å². The maximum absolute atomic E-state index is 14.4. The lowest BCUT2D eigenvalue weighted by molar-refractivity contribution is -0.373. The zero-order chi connectivity index (χ0) is 60.0. The Kier molecular flexibility index (Phi) is 22.5. The molecule has 0 saturated carbocycles. The fourth-order valence-electron chi connectivity index (χ4n) is 7.26. The van der Waals surface area contributed by atoms with Gasteiger partial charge in [0.05, 0.1) is 32.5 Å². The Labute approximate surface area is 457 Å². The Balaban J connectivity index is 2.52. The van der Waals surface area contributed by atoms with Gasteiger partial charge in [-0.3, -0.25) is 43.2 Å². The average molecular weight is 1120 g/mol. The summed E-state index contributed by atoms with van der Waals surface area (Å²) in [5, 5.41) is 11.7. The quantitative estimate of drug-likeness (QED) is 0.161. The molecular weight excluding hydrogens is 1030 g/mol.